The van der Waals surface area contributed by atoms with E-state index in [9.17, 15) is 8.42 Å². The van der Waals surface area contributed by atoms with E-state index in [4.69, 9.17) is 5.11 Å². The van der Waals surface area contributed by atoms with Crippen LogP contribution in [0.5, 0.6) is 0 Å². The fraction of sp³-hybridized carbons (Fsp3) is 0.636. The van der Waals surface area contributed by atoms with Gasteiger partial charge in [0.15, 0.2) is 0 Å². The molecule has 0 aromatic carbocycles. The van der Waals surface area contributed by atoms with E-state index in [1.165, 1.54) is 4.31 Å². The maximum absolute atomic E-state index is 12.3. The standard InChI is InChI=1S/C11H17NO3S2/c1-12(9-4-2-3-5-9)17(14,15)11-7-6-10(8-13)16-11/h6-7,9,13H,2-5,8H2,1H3. The molecule has 0 unspecified atom stereocenters. The van der Waals surface area contributed by atoms with Crippen molar-refractivity contribution in [1.82, 2.24) is 4.31 Å². The minimum atomic E-state index is -3.37. The lowest BCUT2D eigenvalue weighted by Crippen LogP contribution is -2.34. The van der Waals surface area contributed by atoms with Crippen LogP contribution in [-0.4, -0.2) is 30.9 Å². The molecule has 0 saturated heterocycles. The van der Waals surface area contributed by atoms with Crippen molar-refractivity contribution in [3.8, 4) is 0 Å². The van der Waals surface area contributed by atoms with Crippen molar-refractivity contribution in [3.05, 3.63) is 17.0 Å². The Morgan fingerprint density at radius 3 is 2.59 bits per heavy atom. The minimum absolute atomic E-state index is 0.104. The lowest BCUT2D eigenvalue weighted by Gasteiger charge is -2.22. The predicted octanol–water partition coefficient (Wildman–Crippen LogP) is 1.80. The first-order chi connectivity index (χ1) is 8.05. The quantitative estimate of drug-likeness (QED) is 0.911. The summed E-state index contributed by atoms with van der Waals surface area (Å²) in [4.78, 5) is 0.684. The summed E-state index contributed by atoms with van der Waals surface area (Å²) in [6, 6.07) is 3.39. The van der Waals surface area contributed by atoms with Crippen LogP contribution in [0.15, 0.2) is 16.3 Å². The molecular weight excluding hydrogens is 258 g/mol. The molecule has 1 aliphatic rings. The van der Waals surface area contributed by atoms with Crippen molar-refractivity contribution < 1.29 is 13.5 Å². The summed E-state index contributed by atoms with van der Waals surface area (Å²) in [7, 11) is -1.71. The molecule has 6 heteroatoms. The highest BCUT2D eigenvalue weighted by molar-refractivity contribution is 7.91. The summed E-state index contributed by atoms with van der Waals surface area (Å²) in [5.74, 6) is 0. The first-order valence-corrected chi connectivity index (χ1v) is 7.99. The van der Waals surface area contributed by atoms with E-state index in [2.05, 4.69) is 0 Å². The first-order valence-electron chi connectivity index (χ1n) is 5.73. The molecule has 96 valence electrons. The molecule has 0 bridgehead atoms. The molecule has 17 heavy (non-hydrogen) atoms. The second-order valence-corrected chi connectivity index (χ2v) is 7.73. The average Bonchev–Trinajstić information content (AvgIpc) is 2.98. The smallest absolute Gasteiger partial charge is 0.252 e. The number of hydrogen-bond donors (Lipinski definition) is 1. The molecule has 1 aliphatic carbocycles. The summed E-state index contributed by atoms with van der Waals surface area (Å²) in [5, 5.41) is 8.97. The third-order valence-electron chi connectivity index (χ3n) is 3.27. The van der Waals surface area contributed by atoms with Crippen LogP contribution in [0.25, 0.3) is 0 Å². The maximum Gasteiger partial charge on any atom is 0.252 e. The van der Waals surface area contributed by atoms with Gasteiger partial charge in [0.2, 0.25) is 0 Å². The van der Waals surface area contributed by atoms with Crippen LogP contribution in [0, 0.1) is 0 Å². The van der Waals surface area contributed by atoms with Gasteiger partial charge >= 0.3 is 0 Å². The van der Waals surface area contributed by atoms with Crippen molar-refractivity contribution in [1.29, 1.82) is 0 Å². The predicted molar refractivity (Wildman–Crippen MR) is 67.4 cm³/mol. The molecule has 1 aromatic heterocycles. The SMILES string of the molecule is CN(C1CCCC1)S(=O)(=O)c1ccc(CO)s1. The Labute approximate surface area is 106 Å². The van der Waals surface area contributed by atoms with Gasteiger partial charge in [-0.2, -0.15) is 4.31 Å². The largest absolute Gasteiger partial charge is 0.391 e. The average molecular weight is 275 g/mol. The molecule has 1 fully saturated rings. The lowest BCUT2D eigenvalue weighted by atomic mass is 10.3. The second-order valence-electron chi connectivity index (χ2n) is 4.34. The summed E-state index contributed by atoms with van der Waals surface area (Å²) in [5.41, 5.74) is 0. The molecule has 1 N–H and O–H groups in total. The highest BCUT2D eigenvalue weighted by Gasteiger charge is 2.30. The number of thiophene rings is 1. The fourth-order valence-corrected chi connectivity index (χ4v) is 5.01. The minimum Gasteiger partial charge on any atom is -0.391 e. The van der Waals surface area contributed by atoms with Gasteiger partial charge in [0.25, 0.3) is 10.0 Å². The first kappa shape index (κ1) is 13.0. The third kappa shape index (κ3) is 2.54. The van der Waals surface area contributed by atoms with Crippen LogP contribution in [0.2, 0.25) is 0 Å². The van der Waals surface area contributed by atoms with Crippen molar-refractivity contribution in [2.24, 2.45) is 0 Å². The summed E-state index contributed by atoms with van der Waals surface area (Å²) < 4.78 is 26.4. The monoisotopic (exact) mass is 275 g/mol. The fourth-order valence-electron chi connectivity index (χ4n) is 2.19. The molecule has 0 amide bonds. The normalized spacial score (nSPS) is 18.1. The van der Waals surface area contributed by atoms with E-state index in [1.54, 1.807) is 19.2 Å². The Hall–Kier alpha value is -0.430. The zero-order valence-corrected chi connectivity index (χ0v) is 11.4. The van der Waals surface area contributed by atoms with E-state index in [0.29, 0.717) is 9.09 Å². The van der Waals surface area contributed by atoms with Crippen molar-refractivity contribution in [2.45, 2.75) is 42.5 Å². The molecule has 0 aliphatic heterocycles. The zero-order valence-electron chi connectivity index (χ0n) is 9.80. The van der Waals surface area contributed by atoms with Gasteiger partial charge in [-0.25, -0.2) is 8.42 Å². The number of sulfonamides is 1. The van der Waals surface area contributed by atoms with Crippen molar-refractivity contribution in [3.63, 3.8) is 0 Å². The van der Waals surface area contributed by atoms with Gasteiger partial charge in [0.05, 0.1) is 6.61 Å². The number of aliphatic hydroxyl groups is 1. The van der Waals surface area contributed by atoms with Crippen molar-refractivity contribution in [2.75, 3.05) is 7.05 Å². The van der Waals surface area contributed by atoms with Crippen LogP contribution in [0.1, 0.15) is 30.6 Å². The molecule has 0 radical (unpaired) electrons. The van der Waals surface area contributed by atoms with Crippen LogP contribution < -0.4 is 0 Å². The van der Waals surface area contributed by atoms with E-state index in [-0.39, 0.29) is 12.6 Å². The van der Waals surface area contributed by atoms with Gasteiger partial charge in [-0.1, -0.05) is 12.8 Å². The Balaban J connectivity index is 2.22. The lowest BCUT2D eigenvalue weighted by molar-refractivity contribution is 0.285. The van der Waals surface area contributed by atoms with E-state index >= 15 is 0 Å². The topological polar surface area (TPSA) is 57.6 Å². The molecule has 1 heterocycles. The highest BCUT2D eigenvalue weighted by atomic mass is 32.2. The van der Waals surface area contributed by atoms with Crippen LogP contribution in [0.3, 0.4) is 0 Å². The maximum atomic E-state index is 12.3. The van der Waals surface area contributed by atoms with E-state index in [1.807, 2.05) is 0 Å². The summed E-state index contributed by atoms with van der Waals surface area (Å²) >= 11 is 1.15. The van der Waals surface area contributed by atoms with Crippen molar-refractivity contribution >= 4 is 21.4 Å². The molecule has 0 spiro atoms. The molecule has 1 saturated carbocycles. The summed E-state index contributed by atoms with van der Waals surface area (Å²) in [6.45, 7) is -0.104. The Kier molecular flexibility index (Phi) is 3.87. The number of rotatable bonds is 4. The van der Waals surface area contributed by atoms with Gasteiger partial charge in [-0.3, -0.25) is 0 Å². The molecular formula is C11H17NO3S2. The Morgan fingerprint density at radius 1 is 1.41 bits per heavy atom. The zero-order chi connectivity index (χ0) is 12.5. The third-order valence-corrected chi connectivity index (χ3v) is 6.71. The van der Waals surface area contributed by atoms with Gasteiger partial charge in [-0.15, -0.1) is 11.3 Å². The molecule has 0 atom stereocenters. The van der Waals surface area contributed by atoms with Crippen LogP contribution in [0.4, 0.5) is 0 Å². The molecule has 1 aromatic rings. The number of aliphatic hydroxyl groups excluding tert-OH is 1. The van der Waals surface area contributed by atoms with Crippen LogP contribution in [-0.2, 0) is 16.6 Å². The van der Waals surface area contributed by atoms with Gasteiger partial charge in [0.1, 0.15) is 4.21 Å². The number of hydrogen-bond acceptors (Lipinski definition) is 4. The molecule has 4 nitrogen and oxygen atoms in total. The van der Waals surface area contributed by atoms with Gasteiger partial charge in [0, 0.05) is 18.0 Å². The van der Waals surface area contributed by atoms with Gasteiger partial charge in [-0.05, 0) is 25.0 Å². The highest BCUT2D eigenvalue weighted by Crippen LogP contribution is 2.30. The second kappa shape index (κ2) is 5.06. The van der Waals surface area contributed by atoms with E-state index in [0.717, 1.165) is 37.0 Å². The van der Waals surface area contributed by atoms with Crippen LogP contribution >= 0.6 is 11.3 Å². The van der Waals surface area contributed by atoms with Gasteiger partial charge < -0.3 is 5.11 Å². The van der Waals surface area contributed by atoms with E-state index < -0.39 is 10.0 Å². The number of nitrogens with zero attached hydrogens (tertiary/aromatic N) is 1. The Bertz CT molecular complexity index is 475. The Morgan fingerprint density at radius 2 is 2.06 bits per heavy atom. The molecule has 2 rings (SSSR count). The summed E-state index contributed by atoms with van der Waals surface area (Å²) in [6.07, 6.45) is 4.12.